The molecule has 2 aromatic heterocycles. The van der Waals surface area contributed by atoms with E-state index in [1.165, 1.54) is 0 Å². The molecule has 0 aliphatic carbocycles. The summed E-state index contributed by atoms with van der Waals surface area (Å²) in [6, 6.07) is 1.86. The number of aromatic amines is 1. The number of nitrogens with two attached hydrogens (primary N) is 1. The molecule has 1 unspecified atom stereocenters. The molecule has 2 fully saturated rings. The van der Waals surface area contributed by atoms with Crippen LogP contribution in [-0.2, 0) is 0 Å². The summed E-state index contributed by atoms with van der Waals surface area (Å²) < 4.78 is 5.55. The summed E-state index contributed by atoms with van der Waals surface area (Å²) in [4.78, 5) is 31.5. The van der Waals surface area contributed by atoms with E-state index in [-0.39, 0.29) is 29.3 Å². The zero-order valence-corrected chi connectivity index (χ0v) is 16.0. The lowest BCUT2D eigenvalue weighted by Crippen LogP contribution is -2.40. The number of piperidine rings is 2. The van der Waals surface area contributed by atoms with E-state index in [4.69, 9.17) is 10.2 Å². The third-order valence-electron chi connectivity index (χ3n) is 5.77. The summed E-state index contributed by atoms with van der Waals surface area (Å²) in [5.74, 6) is 1.78. The van der Waals surface area contributed by atoms with Gasteiger partial charge in [-0.25, -0.2) is 4.79 Å². The van der Waals surface area contributed by atoms with E-state index in [0.717, 1.165) is 44.6 Å². The number of aromatic nitrogens is 3. The highest BCUT2D eigenvalue weighted by Gasteiger charge is 2.30. The number of H-pyrrole nitrogens is 1. The van der Waals surface area contributed by atoms with Crippen LogP contribution in [-0.4, -0.2) is 52.2 Å². The Kier molecular flexibility index (Phi) is 5.17. The molecule has 2 aromatic rings. The Bertz CT molecular complexity index is 907. The van der Waals surface area contributed by atoms with Gasteiger partial charge in [-0.2, -0.15) is 4.98 Å². The minimum Gasteiger partial charge on any atom is -0.427 e. The van der Waals surface area contributed by atoms with E-state index in [2.05, 4.69) is 20.5 Å². The third-order valence-corrected chi connectivity index (χ3v) is 5.77. The molecule has 0 saturated carbocycles. The molecule has 2 saturated heterocycles. The lowest BCUT2D eigenvalue weighted by molar-refractivity contribution is 0.0705. The highest BCUT2D eigenvalue weighted by molar-refractivity contribution is 5.95. The van der Waals surface area contributed by atoms with E-state index < -0.39 is 5.63 Å². The number of nitrogens with zero attached hydrogens (tertiary/aromatic N) is 3. The average molecular weight is 386 g/mol. The average Bonchev–Trinajstić information content (AvgIpc) is 3.14. The number of amides is 1. The first-order chi connectivity index (χ1) is 13.5. The molecule has 0 radical (unpaired) electrons. The molecule has 4 rings (SSSR count). The highest BCUT2D eigenvalue weighted by atomic mass is 16.4. The molecule has 0 spiro atoms. The fourth-order valence-electron chi connectivity index (χ4n) is 4.17. The number of hydrogen-bond acceptors (Lipinski definition) is 7. The number of nitrogen functional groups attached to an aromatic ring is 1. The summed E-state index contributed by atoms with van der Waals surface area (Å²) in [5, 5.41) is 10.0. The van der Waals surface area contributed by atoms with Gasteiger partial charge in [-0.05, 0) is 50.8 Å². The first kappa shape index (κ1) is 18.7. The molecule has 2 aliphatic rings. The summed E-state index contributed by atoms with van der Waals surface area (Å²) in [6.07, 6.45) is 3.54. The van der Waals surface area contributed by atoms with Gasteiger partial charge in [0.2, 0.25) is 5.95 Å². The Morgan fingerprint density at radius 3 is 2.68 bits per heavy atom. The van der Waals surface area contributed by atoms with Crippen molar-refractivity contribution in [2.24, 2.45) is 0 Å². The summed E-state index contributed by atoms with van der Waals surface area (Å²) in [5.41, 5.74) is 5.87. The molecule has 1 amide bonds. The molecule has 150 valence electrons. The summed E-state index contributed by atoms with van der Waals surface area (Å²) in [7, 11) is 0. The van der Waals surface area contributed by atoms with Crippen LogP contribution in [0.25, 0.3) is 0 Å². The maximum absolute atomic E-state index is 13.0. The molecule has 28 heavy (non-hydrogen) atoms. The molecule has 9 nitrogen and oxygen atoms in total. The number of likely N-dealkylation sites (tertiary alicyclic amines) is 1. The molecule has 9 heteroatoms. The standard InChI is InChI=1S/C19H26N6O3/c1-11-9-14(13-3-2-6-21-10-13)28-18(27)15(11)17(26)25-7-4-12(5-8-25)16-22-19(20)24-23-16/h9,12-13,21H,2-8,10H2,1H3,(H3,20,22,23,24). The Hall–Kier alpha value is -2.68. The maximum Gasteiger partial charge on any atom is 0.349 e. The van der Waals surface area contributed by atoms with Crippen LogP contribution >= 0.6 is 0 Å². The molecular formula is C19H26N6O3. The van der Waals surface area contributed by atoms with Crippen LogP contribution in [0.3, 0.4) is 0 Å². The molecule has 2 aliphatic heterocycles. The van der Waals surface area contributed by atoms with Crippen LogP contribution in [0.4, 0.5) is 5.95 Å². The fraction of sp³-hybridized carbons (Fsp3) is 0.579. The van der Waals surface area contributed by atoms with Gasteiger partial charge in [-0.15, -0.1) is 5.10 Å². The number of rotatable bonds is 3. The number of carbonyl (C=O) groups excluding carboxylic acids is 1. The van der Waals surface area contributed by atoms with Crippen molar-refractivity contribution in [1.29, 1.82) is 0 Å². The monoisotopic (exact) mass is 386 g/mol. The smallest absolute Gasteiger partial charge is 0.349 e. The first-order valence-electron chi connectivity index (χ1n) is 9.85. The fourth-order valence-corrected chi connectivity index (χ4v) is 4.17. The van der Waals surface area contributed by atoms with Crippen LogP contribution < -0.4 is 16.7 Å². The topological polar surface area (TPSA) is 130 Å². The van der Waals surface area contributed by atoms with Gasteiger partial charge in [-0.3, -0.25) is 9.89 Å². The van der Waals surface area contributed by atoms with Gasteiger partial charge in [0.25, 0.3) is 5.91 Å². The Morgan fingerprint density at radius 2 is 2.07 bits per heavy atom. The quantitative estimate of drug-likeness (QED) is 0.721. The second-order valence-corrected chi connectivity index (χ2v) is 7.68. The van der Waals surface area contributed by atoms with E-state index in [9.17, 15) is 9.59 Å². The van der Waals surface area contributed by atoms with Gasteiger partial charge in [0, 0.05) is 31.5 Å². The number of carbonyl (C=O) groups is 1. The number of hydrogen-bond donors (Lipinski definition) is 3. The number of aryl methyl sites for hydroxylation is 1. The molecule has 0 aromatic carbocycles. The summed E-state index contributed by atoms with van der Waals surface area (Å²) in [6.45, 7) is 4.71. The van der Waals surface area contributed by atoms with Crippen molar-refractivity contribution in [1.82, 2.24) is 25.4 Å². The first-order valence-corrected chi connectivity index (χ1v) is 9.85. The minimum absolute atomic E-state index is 0.148. The van der Waals surface area contributed by atoms with Crippen molar-refractivity contribution >= 4 is 11.9 Å². The SMILES string of the molecule is Cc1cc(C2CCCNC2)oc(=O)c1C(=O)N1CCC(c2nc(N)n[nH]2)CC1. The van der Waals surface area contributed by atoms with E-state index >= 15 is 0 Å². The van der Waals surface area contributed by atoms with E-state index in [1.54, 1.807) is 4.90 Å². The third kappa shape index (κ3) is 3.66. The van der Waals surface area contributed by atoms with Crippen molar-refractivity contribution < 1.29 is 9.21 Å². The van der Waals surface area contributed by atoms with Crippen molar-refractivity contribution in [3.8, 4) is 0 Å². The van der Waals surface area contributed by atoms with Gasteiger partial charge in [0.05, 0.1) is 0 Å². The van der Waals surface area contributed by atoms with Gasteiger partial charge in [0.1, 0.15) is 17.1 Å². The second kappa shape index (κ2) is 7.75. The number of anilines is 1. The molecule has 1 atom stereocenters. The maximum atomic E-state index is 13.0. The van der Waals surface area contributed by atoms with Crippen molar-refractivity contribution in [3.05, 3.63) is 39.2 Å². The minimum atomic E-state index is -0.532. The van der Waals surface area contributed by atoms with Gasteiger partial charge in [-0.1, -0.05) is 0 Å². The molecule has 4 N–H and O–H groups in total. The Balaban J connectivity index is 1.47. The molecule has 4 heterocycles. The van der Waals surface area contributed by atoms with Crippen LogP contribution in [0.2, 0.25) is 0 Å². The van der Waals surface area contributed by atoms with Crippen LogP contribution in [0.5, 0.6) is 0 Å². The second-order valence-electron chi connectivity index (χ2n) is 7.68. The van der Waals surface area contributed by atoms with Crippen molar-refractivity contribution in [3.63, 3.8) is 0 Å². The normalized spacial score (nSPS) is 21.0. The lowest BCUT2D eigenvalue weighted by Gasteiger charge is -2.31. The zero-order chi connectivity index (χ0) is 19.7. The molecular weight excluding hydrogens is 360 g/mol. The van der Waals surface area contributed by atoms with Gasteiger partial charge >= 0.3 is 5.63 Å². The Labute approximate surface area is 162 Å². The summed E-state index contributed by atoms with van der Waals surface area (Å²) >= 11 is 0. The largest absolute Gasteiger partial charge is 0.427 e. The predicted octanol–water partition coefficient (Wildman–Crippen LogP) is 1.14. The van der Waals surface area contributed by atoms with Crippen LogP contribution in [0, 0.1) is 6.92 Å². The van der Waals surface area contributed by atoms with Gasteiger partial charge in [0.15, 0.2) is 0 Å². The van der Waals surface area contributed by atoms with Crippen molar-refractivity contribution in [2.75, 3.05) is 31.9 Å². The van der Waals surface area contributed by atoms with Crippen molar-refractivity contribution in [2.45, 2.75) is 44.4 Å². The lowest BCUT2D eigenvalue weighted by atomic mass is 9.94. The van der Waals surface area contributed by atoms with Crippen LogP contribution in [0.1, 0.15) is 65.0 Å². The van der Waals surface area contributed by atoms with E-state index in [0.29, 0.717) is 24.4 Å². The molecule has 0 bridgehead atoms. The zero-order valence-electron chi connectivity index (χ0n) is 16.0. The highest BCUT2D eigenvalue weighted by Crippen LogP contribution is 2.27. The number of nitrogens with one attached hydrogen (secondary N) is 2. The Morgan fingerprint density at radius 1 is 1.29 bits per heavy atom. The van der Waals surface area contributed by atoms with Gasteiger partial charge < -0.3 is 20.4 Å². The van der Waals surface area contributed by atoms with Crippen LogP contribution in [0.15, 0.2) is 15.3 Å². The van der Waals surface area contributed by atoms with E-state index in [1.807, 2.05) is 13.0 Å². The predicted molar refractivity (Wildman–Crippen MR) is 103 cm³/mol.